The number of amides is 1. The molecule has 1 heterocycles. The normalized spacial score (nSPS) is 20.8. The predicted octanol–water partition coefficient (Wildman–Crippen LogP) is 4.37. The maximum absolute atomic E-state index is 13.3. The van der Waals surface area contributed by atoms with E-state index in [4.69, 9.17) is 25.8 Å². The summed E-state index contributed by atoms with van der Waals surface area (Å²) in [5, 5.41) is 3.53. The van der Waals surface area contributed by atoms with Crippen molar-refractivity contribution in [1.29, 1.82) is 0 Å². The van der Waals surface area contributed by atoms with Crippen LogP contribution in [0, 0.1) is 0 Å². The van der Waals surface area contributed by atoms with E-state index in [1.54, 1.807) is 27.4 Å². The average Bonchev–Trinajstić information content (AvgIpc) is 2.77. The lowest BCUT2D eigenvalue weighted by atomic mass is 9.73. The summed E-state index contributed by atoms with van der Waals surface area (Å²) in [6.45, 7) is 0. The molecule has 1 aliphatic carbocycles. The number of carbonyl (C=O) groups excluding carboxylic acids is 2. The molecule has 0 fully saturated rings. The number of hydrogen-bond acceptors (Lipinski definition) is 5. The molecule has 1 amide bonds. The van der Waals surface area contributed by atoms with Crippen molar-refractivity contribution in [2.24, 2.45) is 0 Å². The molecule has 0 radical (unpaired) electrons. The zero-order valence-corrected chi connectivity index (χ0v) is 18.4. The molecule has 7 heteroatoms. The van der Waals surface area contributed by atoms with Crippen LogP contribution in [-0.4, -0.2) is 33.0 Å². The molecule has 6 nitrogen and oxygen atoms in total. The van der Waals surface area contributed by atoms with E-state index < -0.39 is 0 Å². The minimum absolute atomic E-state index is 0.0324. The minimum Gasteiger partial charge on any atom is -0.493 e. The summed E-state index contributed by atoms with van der Waals surface area (Å²) in [6.07, 6.45) is 1.12. The Hall–Kier alpha value is -2.99. The molecule has 4 rings (SSSR count). The number of hydrogen-bond donors (Lipinski definition) is 1. The van der Waals surface area contributed by atoms with Crippen LogP contribution in [0.15, 0.2) is 47.7 Å². The van der Waals surface area contributed by atoms with Gasteiger partial charge in [0.1, 0.15) is 0 Å². The first kappa shape index (κ1) is 21.2. The molecule has 2 aromatic rings. The molecule has 2 atom stereocenters. The second-order valence-corrected chi connectivity index (χ2v) is 8.18. The van der Waals surface area contributed by atoms with Gasteiger partial charge in [0.2, 0.25) is 11.7 Å². The first-order valence-corrected chi connectivity index (χ1v) is 10.4. The lowest BCUT2D eigenvalue weighted by Gasteiger charge is -2.34. The van der Waals surface area contributed by atoms with Crippen LogP contribution in [0.1, 0.15) is 42.2 Å². The maximum atomic E-state index is 13.3. The average molecular weight is 442 g/mol. The second kappa shape index (κ2) is 8.63. The number of benzene rings is 2. The van der Waals surface area contributed by atoms with Gasteiger partial charge in [-0.1, -0.05) is 23.7 Å². The van der Waals surface area contributed by atoms with Crippen molar-refractivity contribution in [3.63, 3.8) is 0 Å². The molecule has 0 saturated heterocycles. The van der Waals surface area contributed by atoms with E-state index in [1.807, 2.05) is 30.3 Å². The molecule has 1 N–H and O–H groups in total. The summed E-state index contributed by atoms with van der Waals surface area (Å²) in [6, 6.07) is 11.1. The van der Waals surface area contributed by atoms with E-state index in [0.29, 0.717) is 46.4 Å². The van der Waals surface area contributed by atoms with Crippen LogP contribution < -0.4 is 19.5 Å². The van der Waals surface area contributed by atoms with Gasteiger partial charge in [-0.25, -0.2) is 0 Å². The summed E-state index contributed by atoms with van der Waals surface area (Å²) in [4.78, 5) is 25.8. The standard InChI is InChI=1S/C24H24ClNO5/c1-29-20-10-15(11-21(30-2)24(20)31-3)14-8-18-23(19(27)9-14)17(12-22(28)26-18)13-5-4-6-16(25)7-13/h4-7,10-11,14,17H,8-9,12H2,1-3H3,(H,26,28)/t14-,17-/m1/s1. The van der Waals surface area contributed by atoms with Gasteiger partial charge in [-0.2, -0.15) is 0 Å². The Balaban J connectivity index is 1.73. The maximum Gasteiger partial charge on any atom is 0.225 e. The highest BCUT2D eigenvalue weighted by Crippen LogP contribution is 2.46. The predicted molar refractivity (Wildman–Crippen MR) is 117 cm³/mol. The number of allylic oxidation sites excluding steroid dienone is 2. The fourth-order valence-corrected chi connectivity index (χ4v) is 4.74. The lowest BCUT2D eigenvalue weighted by Crippen LogP contribution is -2.38. The van der Waals surface area contributed by atoms with Crippen molar-refractivity contribution >= 4 is 23.3 Å². The van der Waals surface area contributed by atoms with Gasteiger partial charge >= 0.3 is 0 Å². The van der Waals surface area contributed by atoms with Gasteiger partial charge in [-0.15, -0.1) is 0 Å². The third-order valence-corrected chi connectivity index (χ3v) is 6.18. The number of rotatable bonds is 5. The number of ketones is 1. The smallest absolute Gasteiger partial charge is 0.225 e. The van der Waals surface area contributed by atoms with Crippen molar-refractivity contribution < 1.29 is 23.8 Å². The zero-order chi connectivity index (χ0) is 22.1. The Morgan fingerprint density at radius 2 is 1.61 bits per heavy atom. The summed E-state index contributed by atoms with van der Waals surface area (Å²) >= 11 is 6.16. The molecule has 2 aromatic carbocycles. The van der Waals surface area contributed by atoms with Gasteiger partial charge in [0.05, 0.1) is 21.3 Å². The van der Waals surface area contributed by atoms with E-state index >= 15 is 0 Å². The van der Waals surface area contributed by atoms with E-state index in [-0.39, 0.29) is 29.9 Å². The van der Waals surface area contributed by atoms with Crippen LogP contribution in [0.25, 0.3) is 0 Å². The number of methoxy groups -OCH3 is 3. The quantitative estimate of drug-likeness (QED) is 0.745. The Labute approximate surface area is 186 Å². The molecule has 2 aliphatic rings. The minimum atomic E-state index is -0.282. The largest absolute Gasteiger partial charge is 0.493 e. The fourth-order valence-electron chi connectivity index (χ4n) is 4.54. The Kier molecular flexibility index (Phi) is 5.92. The third-order valence-electron chi connectivity index (χ3n) is 5.95. The van der Waals surface area contributed by atoms with Crippen LogP contribution in [-0.2, 0) is 9.59 Å². The zero-order valence-electron chi connectivity index (χ0n) is 17.7. The van der Waals surface area contributed by atoms with E-state index in [0.717, 1.165) is 11.1 Å². The molecule has 0 saturated carbocycles. The van der Waals surface area contributed by atoms with Gasteiger partial charge < -0.3 is 19.5 Å². The van der Waals surface area contributed by atoms with Crippen LogP contribution in [0.4, 0.5) is 0 Å². The van der Waals surface area contributed by atoms with Crippen LogP contribution in [0.3, 0.4) is 0 Å². The third kappa shape index (κ3) is 4.00. The fraction of sp³-hybridized carbons (Fsp3) is 0.333. The second-order valence-electron chi connectivity index (χ2n) is 7.74. The molecule has 162 valence electrons. The number of ether oxygens (including phenoxy) is 3. The molecular formula is C24H24ClNO5. The summed E-state index contributed by atoms with van der Waals surface area (Å²) < 4.78 is 16.3. The highest BCUT2D eigenvalue weighted by molar-refractivity contribution is 6.30. The van der Waals surface area contributed by atoms with Crippen LogP contribution >= 0.6 is 11.6 Å². The molecular weight excluding hydrogens is 418 g/mol. The van der Waals surface area contributed by atoms with Gasteiger partial charge in [-0.05, 0) is 47.7 Å². The van der Waals surface area contributed by atoms with Crippen LogP contribution in [0.5, 0.6) is 17.2 Å². The van der Waals surface area contributed by atoms with Gasteiger partial charge in [0, 0.05) is 35.1 Å². The first-order chi connectivity index (χ1) is 14.9. The number of halogens is 1. The monoisotopic (exact) mass is 441 g/mol. The van der Waals surface area contributed by atoms with Crippen LogP contribution in [0.2, 0.25) is 5.02 Å². The Morgan fingerprint density at radius 3 is 2.23 bits per heavy atom. The van der Waals surface area contributed by atoms with Crippen molar-refractivity contribution in [2.45, 2.75) is 31.1 Å². The van der Waals surface area contributed by atoms with E-state index in [1.165, 1.54) is 0 Å². The molecule has 0 bridgehead atoms. The molecule has 1 aliphatic heterocycles. The molecule has 0 unspecified atom stereocenters. The highest BCUT2D eigenvalue weighted by atomic mass is 35.5. The topological polar surface area (TPSA) is 73.9 Å². The van der Waals surface area contributed by atoms with Gasteiger partial charge in [-0.3, -0.25) is 9.59 Å². The summed E-state index contributed by atoms with van der Waals surface area (Å²) in [5.74, 6) is 1.12. The molecule has 0 aromatic heterocycles. The van der Waals surface area contributed by atoms with E-state index in [2.05, 4.69) is 5.32 Å². The van der Waals surface area contributed by atoms with Crippen molar-refractivity contribution in [3.8, 4) is 17.2 Å². The van der Waals surface area contributed by atoms with Gasteiger partial charge in [0.15, 0.2) is 17.3 Å². The first-order valence-electron chi connectivity index (χ1n) is 10.1. The van der Waals surface area contributed by atoms with Crippen molar-refractivity contribution in [2.75, 3.05) is 21.3 Å². The molecule has 0 spiro atoms. The molecule has 31 heavy (non-hydrogen) atoms. The highest BCUT2D eigenvalue weighted by Gasteiger charge is 2.38. The number of Topliss-reactive ketones (excluding diaryl/α,β-unsaturated/α-hetero) is 1. The van der Waals surface area contributed by atoms with E-state index in [9.17, 15) is 9.59 Å². The number of nitrogens with one attached hydrogen (secondary N) is 1. The number of carbonyl (C=O) groups is 2. The van der Waals surface area contributed by atoms with Gasteiger partial charge in [0.25, 0.3) is 0 Å². The summed E-state index contributed by atoms with van der Waals surface area (Å²) in [7, 11) is 4.67. The Bertz CT molecular complexity index is 1050. The van der Waals surface area contributed by atoms with Crippen molar-refractivity contribution in [3.05, 3.63) is 63.8 Å². The Morgan fingerprint density at radius 1 is 0.903 bits per heavy atom. The SMILES string of the molecule is COc1cc([C@H]2CC(=O)C3=C(C2)NC(=O)C[C@@H]3c2cccc(Cl)c2)cc(OC)c1OC. The van der Waals surface area contributed by atoms with Crippen molar-refractivity contribution in [1.82, 2.24) is 5.32 Å². The summed E-state index contributed by atoms with van der Waals surface area (Å²) in [5.41, 5.74) is 3.16. The lowest BCUT2D eigenvalue weighted by molar-refractivity contribution is -0.122.